The SMILES string of the molecule is C=CC(=O)C(C)(C)N1CCCCC1. The van der Waals surface area contributed by atoms with E-state index in [1.807, 2.05) is 13.8 Å². The monoisotopic (exact) mass is 181 g/mol. The van der Waals surface area contributed by atoms with Gasteiger partial charge in [-0.1, -0.05) is 13.0 Å². The Hall–Kier alpha value is -0.630. The predicted molar refractivity (Wildman–Crippen MR) is 54.7 cm³/mol. The van der Waals surface area contributed by atoms with Gasteiger partial charge in [0.2, 0.25) is 0 Å². The third-order valence-corrected chi connectivity index (χ3v) is 2.94. The number of carbonyl (C=O) groups excluding carboxylic acids is 1. The second-order valence-corrected chi connectivity index (χ2v) is 4.18. The third-order valence-electron chi connectivity index (χ3n) is 2.94. The van der Waals surface area contributed by atoms with Gasteiger partial charge in [0.1, 0.15) is 0 Å². The number of carbonyl (C=O) groups is 1. The maximum atomic E-state index is 11.6. The fourth-order valence-electron chi connectivity index (χ4n) is 1.86. The molecule has 0 aromatic carbocycles. The summed E-state index contributed by atoms with van der Waals surface area (Å²) in [5.74, 6) is 0.134. The van der Waals surface area contributed by atoms with Crippen LogP contribution in [-0.4, -0.2) is 29.3 Å². The van der Waals surface area contributed by atoms with E-state index in [9.17, 15) is 4.79 Å². The summed E-state index contributed by atoms with van der Waals surface area (Å²) in [5.41, 5.74) is -0.345. The largest absolute Gasteiger partial charge is 0.293 e. The summed E-state index contributed by atoms with van der Waals surface area (Å²) in [5, 5.41) is 0. The van der Waals surface area contributed by atoms with E-state index in [2.05, 4.69) is 11.5 Å². The number of piperidine rings is 1. The van der Waals surface area contributed by atoms with Crippen LogP contribution in [0.5, 0.6) is 0 Å². The first kappa shape index (κ1) is 10.5. The van der Waals surface area contributed by atoms with Crippen molar-refractivity contribution in [2.24, 2.45) is 0 Å². The van der Waals surface area contributed by atoms with Gasteiger partial charge in [-0.05, 0) is 45.9 Å². The first-order valence-corrected chi connectivity index (χ1v) is 5.01. The Bertz CT molecular complexity index is 202. The van der Waals surface area contributed by atoms with Crippen LogP contribution in [0.1, 0.15) is 33.1 Å². The molecule has 1 saturated heterocycles. The van der Waals surface area contributed by atoms with Crippen molar-refractivity contribution in [3.05, 3.63) is 12.7 Å². The van der Waals surface area contributed by atoms with E-state index in [0.717, 1.165) is 13.1 Å². The van der Waals surface area contributed by atoms with Gasteiger partial charge < -0.3 is 0 Å². The maximum absolute atomic E-state index is 11.6. The number of ketones is 1. The van der Waals surface area contributed by atoms with Gasteiger partial charge in [-0.25, -0.2) is 0 Å². The van der Waals surface area contributed by atoms with Crippen LogP contribution in [0.4, 0.5) is 0 Å². The summed E-state index contributed by atoms with van der Waals surface area (Å²) >= 11 is 0. The molecule has 0 aromatic rings. The van der Waals surface area contributed by atoms with Crippen molar-refractivity contribution in [2.75, 3.05) is 13.1 Å². The van der Waals surface area contributed by atoms with E-state index in [1.54, 1.807) is 0 Å². The van der Waals surface area contributed by atoms with Gasteiger partial charge in [-0.3, -0.25) is 9.69 Å². The molecule has 0 radical (unpaired) electrons. The van der Waals surface area contributed by atoms with Gasteiger partial charge in [0.25, 0.3) is 0 Å². The first-order chi connectivity index (χ1) is 6.09. The molecule has 2 nitrogen and oxygen atoms in total. The number of rotatable bonds is 3. The minimum absolute atomic E-state index is 0.134. The molecule has 0 atom stereocenters. The van der Waals surface area contributed by atoms with Gasteiger partial charge in [-0.2, -0.15) is 0 Å². The molecular weight excluding hydrogens is 162 g/mol. The van der Waals surface area contributed by atoms with Crippen molar-refractivity contribution in [3.63, 3.8) is 0 Å². The molecule has 0 aliphatic carbocycles. The molecule has 74 valence electrons. The minimum Gasteiger partial charge on any atom is -0.293 e. The average molecular weight is 181 g/mol. The Balaban J connectivity index is 2.66. The topological polar surface area (TPSA) is 20.3 Å². The molecule has 0 N–H and O–H groups in total. The summed E-state index contributed by atoms with van der Waals surface area (Å²) in [6.07, 6.45) is 5.17. The van der Waals surface area contributed by atoms with Gasteiger partial charge in [-0.15, -0.1) is 0 Å². The Morgan fingerprint density at radius 2 is 1.85 bits per heavy atom. The average Bonchev–Trinajstić information content (AvgIpc) is 2.18. The quantitative estimate of drug-likeness (QED) is 0.621. The predicted octanol–water partition coefficient (Wildman–Crippen LogP) is 2.01. The van der Waals surface area contributed by atoms with Crippen molar-refractivity contribution in [3.8, 4) is 0 Å². The molecule has 0 spiro atoms. The van der Waals surface area contributed by atoms with Crippen LogP contribution in [0.3, 0.4) is 0 Å². The normalized spacial score (nSPS) is 19.8. The van der Waals surface area contributed by atoms with Crippen LogP contribution in [0, 0.1) is 0 Å². The Labute approximate surface area is 80.6 Å². The molecule has 2 heteroatoms. The highest BCUT2D eigenvalue weighted by atomic mass is 16.1. The third kappa shape index (κ3) is 2.19. The Morgan fingerprint density at radius 1 is 1.31 bits per heavy atom. The van der Waals surface area contributed by atoms with Crippen molar-refractivity contribution < 1.29 is 4.79 Å². The highest BCUT2D eigenvalue weighted by Gasteiger charge is 2.32. The molecular formula is C11H19NO. The summed E-state index contributed by atoms with van der Waals surface area (Å²) in [7, 11) is 0. The lowest BCUT2D eigenvalue weighted by Gasteiger charge is -2.39. The molecule has 1 aliphatic rings. The molecule has 0 saturated carbocycles. The molecule has 1 fully saturated rings. The minimum atomic E-state index is -0.345. The van der Waals surface area contributed by atoms with Crippen molar-refractivity contribution in [1.29, 1.82) is 0 Å². The second-order valence-electron chi connectivity index (χ2n) is 4.18. The standard InChI is InChI=1S/C11H19NO/c1-4-10(13)11(2,3)12-8-6-5-7-9-12/h4H,1,5-9H2,2-3H3. The zero-order chi connectivity index (χ0) is 9.90. The zero-order valence-corrected chi connectivity index (χ0v) is 8.68. The molecule has 1 rings (SSSR count). The highest BCUT2D eigenvalue weighted by molar-refractivity contribution is 5.96. The molecule has 0 bridgehead atoms. The second kappa shape index (κ2) is 4.05. The summed E-state index contributed by atoms with van der Waals surface area (Å²) in [4.78, 5) is 13.8. The van der Waals surface area contributed by atoms with Crippen LogP contribution in [-0.2, 0) is 4.79 Å². The van der Waals surface area contributed by atoms with Crippen LogP contribution in [0.25, 0.3) is 0 Å². The van der Waals surface area contributed by atoms with Gasteiger partial charge >= 0.3 is 0 Å². The first-order valence-electron chi connectivity index (χ1n) is 5.01. The summed E-state index contributed by atoms with van der Waals surface area (Å²) < 4.78 is 0. The van der Waals surface area contributed by atoms with Crippen LogP contribution in [0.15, 0.2) is 12.7 Å². The summed E-state index contributed by atoms with van der Waals surface area (Å²) in [6, 6.07) is 0. The lowest BCUT2D eigenvalue weighted by Crippen LogP contribution is -2.51. The van der Waals surface area contributed by atoms with E-state index < -0.39 is 0 Å². The molecule has 0 amide bonds. The zero-order valence-electron chi connectivity index (χ0n) is 8.68. The lowest BCUT2D eigenvalue weighted by atomic mass is 9.94. The molecule has 0 aromatic heterocycles. The van der Waals surface area contributed by atoms with Crippen LogP contribution in [0.2, 0.25) is 0 Å². The number of hydrogen-bond donors (Lipinski definition) is 0. The van der Waals surface area contributed by atoms with E-state index in [4.69, 9.17) is 0 Å². The molecule has 0 unspecified atom stereocenters. The van der Waals surface area contributed by atoms with Crippen molar-refractivity contribution in [2.45, 2.75) is 38.6 Å². The van der Waals surface area contributed by atoms with Crippen molar-refractivity contribution >= 4 is 5.78 Å². The fraction of sp³-hybridized carbons (Fsp3) is 0.727. The van der Waals surface area contributed by atoms with Gasteiger partial charge in [0, 0.05) is 0 Å². The Kier molecular flexibility index (Phi) is 3.26. The summed E-state index contributed by atoms with van der Waals surface area (Å²) in [6.45, 7) is 9.62. The molecule has 1 heterocycles. The van der Waals surface area contributed by atoms with Crippen LogP contribution >= 0.6 is 0 Å². The number of nitrogens with zero attached hydrogens (tertiary/aromatic N) is 1. The fourth-order valence-corrected chi connectivity index (χ4v) is 1.86. The maximum Gasteiger partial charge on any atom is 0.174 e. The van der Waals surface area contributed by atoms with Crippen LogP contribution < -0.4 is 0 Å². The van der Waals surface area contributed by atoms with E-state index in [0.29, 0.717) is 0 Å². The highest BCUT2D eigenvalue weighted by Crippen LogP contribution is 2.21. The van der Waals surface area contributed by atoms with E-state index >= 15 is 0 Å². The molecule has 1 aliphatic heterocycles. The van der Waals surface area contributed by atoms with Gasteiger partial charge in [0.05, 0.1) is 5.54 Å². The number of likely N-dealkylation sites (tertiary alicyclic amines) is 1. The smallest absolute Gasteiger partial charge is 0.174 e. The molecule has 13 heavy (non-hydrogen) atoms. The lowest BCUT2D eigenvalue weighted by molar-refractivity contribution is -0.125. The number of hydrogen-bond acceptors (Lipinski definition) is 2. The Morgan fingerprint density at radius 3 is 2.31 bits per heavy atom. The van der Waals surface area contributed by atoms with Crippen molar-refractivity contribution in [1.82, 2.24) is 4.90 Å². The van der Waals surface area contributed by atoms with E-state index in [-0.39, 0.29) is 11.3 Å². The van der Waals surface area contributed by atoms with E-state index in [1.165, 1.54) is 25.3 Å². The van der Waals surface area contributed by atoms with Gasteiger partial charge in [0.15, 0.2) is 5.78 Å².